The molecular formula is C20H17ClNP. The first kappa shape index (κ1) is 17.2. The first-order valence-electron chi connectivity index (χ1n) is 7.28. The standard InChI is InChI=1S/C20H16NP.ClH/c21-16-22-20(17-10-4-1-5-11-17,18-12-6-2-7-13-18)19-14-8-3-9-15-19;/h1-15,22H;1H. The van der Waals surface area contributed by atoms with Gasteiger partial charge in [0.2, 0.25) is 5.81 Å². The Morgan fingerprint density at radius 3 is 1.17 bits per heavy atom. The average molecular weight is 338 g/mol. The van der Waals surface area contributed by atoms with E-state index >= 15 is 0 Å². The summed E-state index contributed by atoms with van der Waals surface area (Å²) < 4.78 is 0. The molecule has 0 heterocycles. The summed E-state index contributed by atoms with van der Waals surface area (Å²) in [7, 11) is -0.473. The highest BCUT2D eigenvalue weighted by Crippen LogP contribution is 2.51. The molecular weight excluding hydrogens is 321 g/mol. The highest BCUT2D eigenvalue weighted by atomic mass is 35.5. The average Bonchev–Trinajstić information content (AvgIpc) is 2.62. The van der Waals surface area contributed by atoms with Crippen LogP contribution in [0.2, 0.25) is 0 Å². The van der Waals surface area contributed by atoms with Crippen molar-refractivity contribution in [3.05, 3.63) is 108 Å². The van der Waals surface area contributed by atoms with E-state index < -0.39 is 8.58 Å². The van der Waals surface area contributed by atoms with Crippen LogP contribution in [-0.4, -0.2) is 0 Å². The van der Waals surface area contributed by atoms with Crippen LogP contribution in [0.4, 0.5) is 0 Å². The molecule has 1 unspecified atom stereocenters. The Balaban J connectivity index is 0.00000192. The van der Waals surface area contributed by atoms with Gasteiger partial charge in [0.05, 0.1) is 0 Å². The van der Waals surface area contributed by atoms with Crippen molar-refractivity contribution < 1.29 is 12.4 Å². The zero-order valence-corrected chi connectivity index (χ0v) is 14.5. The minimum absolute atomic E-state index is 0. The van der Waals surface area contributed by atoms with Gasteiger partial charge in [-0.15, -0.1) is 0 Å². The first-order chi connectivity index (χ1) is 10.9. The van der Waals surface area contributed by atoms with E-state index in [0.717, 1.165) is 0 Å². The molecule has 0 fully saturated rings. The third-order valence-corrected chi connectivity index (χ3v) is 5.53. The minimum atomic E-state index is -0.473. The van der Waals surface area contributed by atoms with Gasteiger partial charge in [-0.25, -0.2) is 0 Å². The maximum atomic E-state index is 9.57. The van der Waals surface area contributed by atoms with Crippen molar-refractivity contribution in [3.63, 3.8) is 0 Å². The second-order valence-electron chi connectivity index (χ2n) is 5.18. The third kappa shape index (κ3) is 3.30. The summed E-state index contributed by atoms with van der Waals surface area (Å²) in [5.41, 5.74) is 3.55. The molecule has 114 valence electrons. The smallest absolute Gasteiger partial charge is 0.234 e. The fourth-order valence-electron chi connectivity index (χ4n) is 2.95. The van der Waals surface area contributed by atoms with Crippen LogP contribution < -0.4 is 12.4 Å². The van der Waals surface area contributed by atoms with Crippen molar-refractivity contribution in [2.45, 2.75) is 5.16 Å². The fourth-order valence-corrected chi connectivity index (χ4v) is 4.22. The summed E-state index contributed by atoms with van der Waals surface area (Å²) >= 11 is 0. The molecule has 0 aliphatic heterocycles. The van der Waals surface area contributed by atoms with E-state index in [0.29, 0.717) is 0 Å². The van der Waals surface area contributed by atoms with Crippen LogP contribution in [0.1, 0.15) is 16.7 Å². The van der Waals surface area contributed by atoms with Crippen LogP contribution in [0.3, 0.4) is 0 Å². The molecule has 3 heteroatoms. The normalized spacial score (nSPS) is 10.9. The Bertz CT molecular complexity index is 670. The Morgan fingerprint density at radius 1 is 0.609 bits per heavy atom. The quantitative estimate of drug-likeness (QED) is 0.527. The molecule has 0 bridgehead atoms. The molecule has 3 aromatic rings. The zero-order chi connectivity index (χ0) is 15.3. The summed E-state index contributed by atoms with van der Waals surface area (Å²) in [6.07, 6.45) is 0. The van der Waals surface area contributed by atoms with Crippen LogP contribution in [0.5, 0.6) is 0 Å². The second-order valence-corrected chi connectivity index (χ2v) is 6.59. The van der Waals surface area contributed by atoms with Gasteiger partial charge in [-0.05, 0) is 0 Å². The Kier molecular flexibility index (Phi) is 5.94. The van der Waals surface area contributed by atoms with Gasteiger partial charge in [-0.2, -0.15) is 5.26 Å². The van der Waals surface area contributed by atoms with Gasteiger partial charge < -0.3 is 12.4 Å². The van der Waals surface area contributed by atoms with E-state index in [9.17, 15) is 5.26 Å². The molecule has 23 heavy (non-hydrogen) atoms. The van der Waals surface area contributed by atoms with Gasteiger partial charge in [-0.3, -0.25) is 0 Å². The molecule has 0 amide bonds. The van der Waals surface area contributed by atoms with E-state index in [1.165, 1.54) is 16.7 Å². The van der Waals surface area contributed by atoms with Crippen molar-refractivity contribution in [2.24, 2.45) is 0 Å². The van der Waals surface area contributed by atoms with Crippen molar-refractivity contribution >= 4 is 8.58 Å². The van der Waals surface area contributed by atoms with E-state index in [-0.39, 0.29) is 17.6 Å². The van der Waals surface area contributed by atoms with E-state index in [1.807, 2.05) is 54.6 Å². The molecule has 0 aliphatic carbocycles. The number of hydrogen-bond donors (Lipinski definition) is 0. The fraction of sp³-hybridized carbons (Fsp3) is 0.0500. The van der Waals surface area contributed by atoms with Crippen LogP contribution in [0.25, 0.3) is 0 Å². The number of rotatable bonds is 4. The topological polar surface area (TPSA) is 23.8 Å². The Morgan fingerprint density at radius 2 is 0.913 bits per heavy atom. The van der Waals surface area contributed by atoms with Gasteiger partial charge in [-0.1, -0.05) is 91.0 Å². The second kappa shape index (κ2) is 7.93. The molecule has 0 saturated carbocycles. The zero-order valence-electron chi connectivity index (χ0n) is 12.6. The Hall–Kier alpha value is -2.13. The molecule has 0 aromatic heterocycles. The summed E-state index contributed by atoms with van der Waals surface area (Å²) in [6.45, 7) is 0. The monoisotopic (exact) mass is 337 g/mol. The summed E-state index contributed by atoms with van der Waals surface area (Å²) in [5, 5.41) is 9.22. The number of halogens is 1. The van der Waals surface area contributed by atoms with Gasteiger partial charge in [0.1, 0.15) is 8.58 Å². The Labute approximate surface area is 145 Å². The SMILES string of the molecule is N#C[PH2+]C(c1ccccc1)(c1ccccc1)c1ccccc1.[Cl-]. The van der Waals surface area contributed by atoms with E-state index in [1.54, 1.807) is 0 Å². The van der Waals surface area contributed by atoms with Crippen molar-refractivity contribution in [3.8, 4) is 5.81 Å². The molecule has 1 atom stereocenters. The van der Waals surface area contributed by atoms with Gasteiger partial charge in [0, 0.05) is 16.7 Å². The van der Waals surface area contributed by atoms with Gasteiger partial charge in [0.25, 0.3) is 0 Å². The molecule has 0 spiro atoms. The molecule has 0 N–H and O–H groups in total. The lowest BCUT2D eigenvalue weighted by atomic mass is 9.84. The lowest BCUT2D eigenvalue weighted by Crippen LogP contribution is -3.00. The van der Waals surface area contributed by atoms with Gasteiger partial charge >= 0.3 is 0 Å². The number of nitriles is 1. The van der Waals surface area contributed by atoms with E-state index in [4.69, 9.17) is 0 Å². The van der Waals surface area contributed by atoms with Crippen molar-refractivity contribution in [1.82, 2.24) is 0 Å². The van der Waals surface area contributed by atoms with Crippen LogP contribution in [0, 0.1) is 11.1 Å². The highest BCUT2D eigenvalue weighted by molar-refractivity contribution is 7.45. The highest BCUT2D eigenvalue weighted by Gasteiger charge is 2.42. The minimum Gasteiger partial charge on any atom is -1.00 e. The number of benzene rings is 3. The maximum Gasteiger partial charge on any atom is 0.234 e. The number of nitrogens with zero attached hydrogens (tertiary/aromatic N) is 1. The largest absolute Gasteiger partial charge is 1.00 e. The summed E-state index contributed by atoms with van der Waals surface area (Å²) in [4.78, 5) is 0. The molecule has 0 aliphatic rings. The first-order valence-corrected chi connectivity index (χ1v) is 8.44. The molecule has 3 aromatic carbocycles. The lowest BCUT2D eigenvalue weighted by Gasteiger charge is -2.28. The van der Waals surface area contributed by atoms with Crippen LogP contribution in [-0.2, 0) is 5.16 Å². The molecule has 3 rings (SSSR count). The number of hydrogen-bond acceptors (Lipinski definition) is 1. The van der Waals surface area contributed by atoms with Crippen LogP contribution >= 0.6 is 8.58 Å². The van der Waals surface area contributed by atoms with Crippen molar-refractivity contribution in [2.75, 3.05) is 0 Å². The summed E-state index contributed by atoms with van der Waals surface area (Å²) in [5.74, 6) is 2.49. The molecule has 0 radical (unpaired) electrons. The molecule has 0 saturated heterocycles. The van der Waals surface area contributed by atoms with Crippen LogP contribution in [0.15, 0.2) is 91.0 Å². The predicted octanol–water partition coefficient (Wildman–Crippen LogP) is 1.87. The predicted molar refractivity (Wildman–Crippen MR) is 94.5 cm³/mol. The summed E-state index contributed by atoms with van der Waals surface area (Å²) in [6, 6.07) is 31.1. The lowest BCUT2D eigenvalue weighted by molar-refractivity contribution is -0.00000444. The maximum absolute atomic E-state index is 9.57. The third-order valence-electron chi connectivity index (χ3n) is 3.97. The van der Waals surface area contributed by atoms with E-state index in [2.05, 4.69) is 42.2 Å². The van der Waals surface area contributed by atoms with Crippen molar-refractivity contribution in [1.29, 1.82) is 5.26 Å². The van der Waals surface area contributed by atoms with Gasteiger partial charge in [0.15, 0.2) is 5.16 Å². The molecule has 1 nitrogen and oxygen atoms in total.